The summed E-state index contributed by atoms with van der Waals surface area (Å²) in [4.78, 5) is 12.1. The molecule has 114 valence electrons. The molecule has 2 atom stereocenters. The molecule has 1 aromatic carbocycles. The molecule has 0 heterocycles. The van der Waals surface area contributed by atoms with E-state index in [0.29, 0.717) is 5.92 Å². The van der Waals surface area contributed by atoms with E-state index in [9.17, 15) is 4.79 Å². The number of hydrogen-bond donors (Lipinski definition) is 2. The quantitative estimate of drug-likeness (QED) is 0.833. The maximum Gasteiger partial charge on any atom is 0.262 e. The molecule has 21 heavy (non-hydrogen) atoms. The first-order valence-corrected chi connectivity index (χ1v) is 7.76. The molecular weight excluding hydrogens is 262 g/mol. The lowest BCUT2D eigenvalue weighted by molar-refractivity contribution is -0.121. The molecule has 4 nitrogen and oxygen atoms in total. The Hall–Kier alpha value is -1.84. The van der Waals surface area contributed by atoms with Crippen molar-refractivity contribution in [2.45, 2.75) is 52.5 Å². The van der Waals surface area contributed by atoms with E-state index in [-0.39, 0.29) is 11.9 Å². The molecule has 0 unspecified atom stereocenters. The standard InChI is InChI=1S/C17H25N3O/c1-12-7-6-9-15(11-12)18-14(3)17(21)20-19-16-10-5-4-8-13(16)2/h6-7,9,11,13-14,18H,4-5,8,10H2,1-3H3,(H,20,21)/b19-16-/t13-,14-/m0/s1. The van der Waals surface area contributed by atoms with Gasteiger partial charge in [-0.2, -0.15) is 5.10 Å². The van der Waals surface area contributed by atoms with Gasteiger partial charge in [-0.1, -0.05) is 25.5 Å². The van der Waals surface area contributed by atoms with Crippen LogP contribution in [0.25, 0.3) is 0 Å². The van der Waals surface area contributed by atoms with Gasteiger partial charge in [0.25, 0.3) is 5.91 Å². The van der Waals surface area contributed by atoms with Crippen LogP contribution in [0.3, 0.4) is 0 Å². The van der Waals surface area contributed by atoms with Crippen molar-refractivity contribution in [1.29, 1.82) is 0 Å². The highest BCUT2D eigenvalue weighted by Gasteiger charge is 2.17. The number of hydrogen-bond acceptors (Lipinski definition) is 3. The molecule has 0 saturated heterocycles. The first kappa shape index (κ1) is 15.5. The van der Waals surface area contributed by atoms with Crippen LogP contribution < -0.4 is 10.7 Å². The summed E-state index contributed by atoms with van der Waals surface area (Å²) in [6, 6.07) is 7.69. The van der Waals surface area contributed by atoms with E-state index in [1.807, 2.05) is 38.1 Å². The van der Waals surface area contributed by atoms with Crippen LogP contribution in [0.5, 0.6) is 0 Å². The van der Waals surface area contributed by atoms with E-state index in [1.165, 1.54) is 24.8 Å². The van der Waals surface area contributed by atoms with Crippen molar-refractivity contribution in [3.8, 4) is 0 Å². The molecule has 4 heteroatoms. The van der Waals surface area contributed by atoms with Crippen molar-refractivity contribution >= 4 is 17.3 Å². The molecule has 1 aromatic rings. The van der Waals surface area contributed by atoms with Gasteiger partial charge in [0.15, 0.2) is 0 Å². The summed E-state index contributed by atoms with van der Waals surface area (Å²) in [6.07, 6.45) is 4.61. The summed E-state index contributed by atoms with van der Waals surface area (Å²) in [5.74, 6) is 0.390. The number of anilines is 1. The van der Waals surface area contributed by atoms with Gasteiger partial charge >= 0.3 is 0 Å². The van der Waals surface area contributed by atoms with Crippen LogP contribution >= 0.6 is 0 Å². The fraction of sp³-hybridized carbons (Fsp3) is 0.529. The monoisotopic (exact) mass is 287 g/mol. The molecule has 1 saturated carbocycles. The van der Waals surface area contributed by atoms with Gasteiger partial charge in [0.2, 0.25) is 0 Å². The summed E-state index contributed by atoms with van der Waals surface area (Å²) in [6.45, 7) is 6.06. The SMILES string of the molecule is Cc1cccc(N[C@@H](C)C(=O)N/N=C2/CCCC[C@@H]2C)c1. The highest BCUT2D eigenvalue weighted by Crippen LogP contribution is 2.20. The first-order valence-electron chi connectivity index (χ1n) is 7.76. The van der Waals surface area contributed by atoms with Gasteiger partial charge in [-0.15, -0.1) is 0 Å². The van der Waals surface area contributed by atoms with Crippen molar-refractivity contribution in [3.05, 3.63) is 29.8 Å². The number of nitrogens with zero attached hydrogens (tertiary/aromatic N) is 1. The smallest absolute Gasteiger partial charge is 0.262 e. The van der Waals surface area contributed by atoms with Gasteiger partial charge in [0.1, 0.15) is 6.04 Å². The number of carbonyl (C=O) groups is 1. The Morgan fingerprint density at radius 1 is 1.38 bits per heavy atom. The van der Waals surface area contributed by atoms with Crippen molar-refractivity contribution in [2.24, 2.45) is 11.0 Å². The minimum Gasteiger partial charge on any atom is -0.374 e. The Balaban J connectivity index is 1.89. The van der Waals surface area contributed by atoms with Crippen LogP contribution in [-0.4, -0.2) is 17.7 Å². The number of aryl methyl sites for hydroxylation is 1. The van der Waals surface area contributed by atoms with Gasteiger partial charge in [0.05, 0.1) is 0 Å². The van der Waals surface area contributed by atoms with Gasteiger partial charge in [-0.3, -0.25) is 4.79 Å². The van der Waals surface area contributed by atoms with Crippen LogP contribution in [0.4, 0.5) is 5.69 Å². The Bertz CT molecular complexity index is 525. The van der Waals surface area contributed by atoms with Crippen LogP contribution in [0.2, 0.25) is 0 Å². The second kappa shape index (κ2) is 7.25. The molecule has 0 aromatic heterocycles. The van der Waals surface area contributed by atoms with E-state index < -0.39 is 0 Å². The normalized spacial score (nSPS) is 21.9. The summed E-state index contributed by atoms with van der Waals surface area (Å²) < 4.78 is 0. The van der Waals surface area contributed by atoms with Gasteiger partial charge in [0, 0.05) is 11.4 Å². The zero-order chi connectivity index (χ0) is 15.2. The number of nitrogens with one attached hydrogen (secondary N) is 2. The predicted octanol–water partition coefficient (Wildman–Crippen LogP) is 3.48. The Morgan fingerprint density at radius 3 is 2.90 bits per heavy atom. The van der Waals surface area contributed by atoms with Crippen LogP contribution in [0.15, 0.2) is 29.4 Å². The van der Waals surface area contributed by atoms with Gasteiger partial charge in [-0.25, -0.2) is 5.43 Å². The number of hydrazone groups is 1. The largest absolute Gasteiger partial charge is 0.374 e. The third-order valence-electron chi connectivity index (χ3n) is 3.99. The van der Waals surface area contributed by atoms with Crippen molar-refractivity contribution in [3.63, 3.8) is 0 Å². The minimum absolute atomic E-state index is 0.0956. The van der Waals surface area contributed by atoms with E-state index >= 15 is 0 Å². The van der Waals surface area contributed by atoms with E-state index in [4.69, 9.17) is 0 Å². The number of amides is 1. The van der Waals surface area contributed by atoms with E-state index in [0.717, 1.165) is 17.8 Å². The fourth-order valence-electron chi connectivity index (χ4n) is 2.61. The van der Waals surface area contributed by atoms with Crippen LogP contribution in [-0.2, 0) is 4.79 Å². The highest BCUT2D eigenvalue weighted by atomic mass is 16.2. The van der Waals surface area contributed by atoms with Crippen molar-refractivity contribution in [1.82, 2.24) is 5.43 Å². The summed E-state index contributed by atoms with van der Waals surface area (Å²) in [5, 5.41) is 7.52. The molecule has 0 aliphatic heterocycles. The Labute approximate surface area is 127 Å². The number of rotatable bonds is 4. The zero-order valence-corrected chi connectivity index (χ0v) is 13.1. The van der Waals surface area contributed by atoms with Crippen LogP contribution in [0.1, 0.15) is 45.1 Å². The molecule has 1 amide bonds. The maximum atomic E-state index is 12.1. The summed E-state index contributed by atoms with van der Waals surface area (Å²) in [5.41, 5.74) is 5.95. The average molecular weight is 287 g/mol. The predicted molar refractivity (Wildman–Crippen MR) is 87.5 cm³/mol. The van der Waals surface area contributed by atoms with Gasteiger partial charge in [-0.05, 0) is 56.7 Å². The first-order chi connectivity index (χ1) is 10.1. The lowest BCUT2D eigenvalue weighted by atomic mass is 9.89. The number of carbonyl (C=O) groups excluding carboxylic acids is 1. The molecule has 2 N–H and O–H groups in total. The van der Waals surface area contributed by atoms with E-state index in [2.05, 4.69) is 22.8 Å². The van der Waals surface area contributed by atoms with E-state index in [1.54, 1.807) is 0 Å². The molecule has 1 aliphatic rings. The molecule has 0 bridgehead atoms. The zero-order valence-electron chi connectivity index (χ0n) is 13.1. The molecule has 2 rings (SSSR count). The topological polar surface area (TPSA) is 53.5 Å². The van der Waals surface area contributed by atoms with Crippen molar-refractivity contribution < 1.29 is 4.79 Å². The highest BCUT2D eigenvalue weighted by molar-refractivity contribution is 5.90. The fourth-order valence-corrected chi connectivity index (χ4v) is 2.61. The summed E-state index contributed by atoms with van der Waals surface area (Å²) >= 11 is 0. The lowest BCUT2D eigenvalue weighted by Gasteiger charge is -2.20. The number of benzene rings is 1. The molecule has 0 radical (unpaired) electrons. The molecule has 1 aliphatic carbocycles. The Kier molecular flexibility index (Phi) is 5.37. The third kappa shape index (κ3) is 4.59. The second-order valence-corrected chi connectivity index (χ2v) is 5.96. The lowest BCUT2D eigenvalue weighted by Crippen LogP contribution is -2.36. The maximum absolute atomic E-state index is 12.1. The molecule has 1 fully saturated rings. The molecular formula is C17H25N3O. The molecule has 0 spiro atoms. The minimum atomic E-state index is -0.310. The average Bonchev–Trinajstić information content (AvgIpc) is 2.46. The van der Waals surface area contributed by atoms with Crippen LogP contribution in [0, 0.1) is 12.8 Å². The summed E-state index contributed by atoms with van der Waals surface area (Å²) in [7, 11) is 0. The Morgan fingerprint density at radius 2 is 2.19 bits per heavy atom. The third-order valence-corrected chi connectivity index (χ3v) is 3.99. The second-order valence-electron chi connectivity index (χ2n) is 5.96. The van der Waals surface area contributed by atoms with Crippen molar-refractivity contribution in [2.75, 3.05) is 5.32 Å². The van der Waals surface area contributed by atoms with Gasteiger partial charge < -0.3 is 5.32 Å².